The Bertz CT molecular complexity index is 1180. The number of rotatable bonds is 5. The van der Waals surface area contributed by atoms with Gasteiger partial charge in [-0.05, 0) is 30.3 Å². The van der Waals surface area contributed by atoms with Gasteiger partial charge < -0.3 is 14.5 Å². The molecule has 0 bridgehead atoms. The lowest BCUT2D eigenvalue weighted by Crippen LogP contribution is -2.18. The number of carbonyl (C=O) groups is 1. The van der Waals surface area contributed by atoms with Gasteiger partial charge in [-0.2, -0.15) is 0 Å². The molecule has 9 heteroatoms. The number of hydrogen-bond acceptors (Lipinski definition) is 4. The minimum absolute atomic E-state index is 0.0160. The SMILES string of the molecule is O=C(Cn1ccc2cc([N+](=O)[O-])ccc21)Nc1ccc(-n2ccnc2)c(Cl)c1. The molecule has 4 aromatic rings. The lowest BCUT2D eigenvalue weighted by Gasteiger charge is -2.10. The van der Waals surface area contributed by atoms with E-state index in [9.17, 15) is 14.9 Å². The average Bonchev–Trinajstić information content (AvgIpc) is 3.32. The van der Waals surface area contributed by atoms with E-state index in [-0.39, 0.29) is 18.1 Å². The quantitative estimate of drug-likeness (QED) is 0.407. The Hall–Kier alpha value is -3.65. The third-order valence-electron chi connectivity index (χ3n) is 4.29. The molecule has 0 aliphatic heterocycles. The van der Waals surface area contributed by atoms with Crippen LogP contribution >= 0.6 is 11.6 Å². The Kier molecular flexibility index (Phi) is 4.54. The highest BCUT2D eigenvalue weighted by atomic mass is 35.5. The van der Waals surface area contributed by atoms with Crippen LogP contribution in [0.1, 0.15) is 0 Å². The van der Waals surface area contributed by atoms with Crippen LogP contribution in [0.15, 0.2) is 67.4 Å². The molecule has 2 heterocycles. The maximum atomic E-state index is 12.4. The second-order valence-electron chi connectivity index (χ2n) is 6.13. The van der Waals surface area contributed by atoms with Gasteiger partial charge in [-0.25, -0.2) is 4.98 Å². The summed E-state index contributed by atoms with van der Waals surface area (Å²) in [4.78, 5) is 26.8. The number of anilines is 1. The summed E-state index contributed by atoms with van der Waals surface area (Å²) in [5.74, 6) is -0.234. The standard InChI is InChI=1S/C19H14ClN5O3/c20-16-10-14(1-3-18(16)24-8-6-21-12-24)22-19(26)11-23-7-5-13-9-15(25(27)28)2-4-17(13)23/h1-10,12H,11H2,(H,22,26). The Morgan fingerprint density at radius 2 is 2.04 bits per heavy atom. The van der Waals surface area contributed by atoms with Crippen molar-refractivity contribution in [3.63, 3.8) is 0 Å². The van der Waals surface area contributed by atoms with Gasteiger partial charge in [0.25, 0.3) is 5.69 Å². The van der Waals surface area contributed by atoms with Crippen LogP contribution in [-0.2, 0) is 11.3 Å². The van der Waals surface area contributed by atoms with Crippen molar-refractivity contribution in [1.29, 1.82) is 0 Å². The zero-order valence-electron chi connectivity index (χ0n) is 14.4. The van der Waals surface area contributed by atoms with Crippen molar-refractivity contribution in [3.8, 4) is 5.69 Å². The molecule has 0 saturated carbocycles. The van der Waals surface area contributed by atoms with Gasteiger partial charge in [0.05, 0.1) is 22.0 Å². The largest absolute Gasteiger partial charge is 0.338 e. The molecule has 1 N–H and O–H groups in total. The number of fused-ring (bicyclic) bond motifs is 1. The number of imidazole rings is 1. The predicted octanol–water partition coefficient (Wildman–Crippen LogP) is 4.03. The molecule has 0 fully saturated rings. The highest BCUT2D eigenvalue weighted by molar-refractivity contribution is 6.32. The Morgan fingerprint density at radius 3 is 2.75 bits per heavy atom. The van der Waals surface area contributed by atoms with Gasteiger partial charge in [-0.1, -0.05) is 11.6 Å². The lowest BCUT2D eigenvalue weighted by atomic mass is 10.2. The Balaban J connectivity index is 1.49. The van der Waals surface area contributed by atoms with Crippen LogP contribution in [0.3, 0.4) is 0 Å². The highest BCUT2D eigenvalue weighted by Crippen LogP contribution is 2.25. The monoisotopic (exact) mass is 395 g/mol. The number of amides is 1. The molecule has 0 aliphatic rings. The first-order valence-electron chi connectivity index (χ1n) is 8.32. The van der Waals surface area contributed by atoms with E-state index in [1.165, 1.54) is 12.1 Å². The topological polar surface area (TPSA) is 95.0 Å². The summed E-state index contributed by atoms with van der Waals surface area (Å²) in [5.41, 5.74) is 2.10. The van der Waals surface area contributed by atoms with E-state index in [4.69, 9.17) is 11.6 Å². The van der Waals surface area contributed by atoms with E-state index in [0.29, 0.717) is 16.1 Å². The molecule has 1 amide bonds. The predicted molar refractivity (Wildman–Crippen MR) is 106 cm³/mol. The van der Waals surface area contributed by atoms with Crippen LogP contribution in [0.25, 0.3) is 16.6 Å². The van der Waals surface area contributed by atoms with E-state index in [1.54, 1.807) is 64.4 Å². The fraction of sp³-hybridized carbons (Fsp3) is 0.0526. The summed E-state index contributed by atoms with van der Waals surface area (Å²) in [6, 6.07) is 11.5. The lowest BCUT2D eigenvalue weighted by molar-refractivity contribution is -0.384. The summed E-state index contributed by atoms with van der Waals surface area (Å²) < 4.78 is 3.51. The first kappa shape index (κ1) is 17.7. The number of carbonyl (C=O) groups excluding carboxylic acids is 1. The van der Waals surface area contributed by atoms with Gasteiger partial charge in [0.2, 0.25) is 5.91 Å². The number of nitro benzene ring substituents is 1. The smallest absolute Gasteiger partial charge is 0.270 e. The van der Waals surface area contributed by atoms with E-state index in [2.05, 4.69) is 10.3 Å². The second-order valence-corrected chi connectivity index (χ2v) is 6.54. The minimum Gasteiger partial charge on any atom is -0.338 e. The molecule has 0 aliphatic carbocycles. The zero-order valence-corrected chi connectivity index (χ0v) is 15.2. The van der Waals surface area contributed by atoms with Crippen molar-refractivity contribution >= 4 is 39.8 Å². The Morgan fingerprint density at radius 1 is 1.18 bits per heavy atom. The normalized spacial score (nSPS) is 10.9. The third-order valence-corrected chi connectivity index (χ3v) is 4.60. The average molecular weight is 396 g/mol. The van der Waals surface area contributed by atoms with E-state index < -0.39 is 4.92 Å². The van der Waals surface area contributed by atoms with Crippen molar-refractivity contribution < 1.29 is 9.72 Å². The number of halogens is 1. The molecule has 140 valence electrons. The van der Waals surface area contributed by atoms with Gasteiger partial charge in [-0.15, -0.1) is 0 Å². The van der Waals surface area contributed by atoms with Crippen LogP contribution in [0, 0.1) is 10.1 Å². The van der Waals surface area contributed by atoms with Crippen molar-refractivity contribution in [2.45, 2.75) is 6.54 Å². The summed E-state index contributed by atoms with van der Waals surface area (Å²) >= 11 is 6.31. The van der Waals surface area contributed by atoms with Crippen LogP contribution < -0.4 is 5.32 Å². The van der Waals surface area contributed by atoms with Crippen LogP contribution in [-0.4, -0.2) is 24.9 Å². The van der Waals surface area contributed by atoms with Gasteiger partial charge in [0, 0.05) is 47.3 Å². The first-order chi connectivity index (χ1) is 13.5. The molecule has 0 atom stereocenters. The minimum atomic E-state index is -0.444. The third kappa shape index (κ3) is 3.45. The molecule has 0 saturated heterocycles. The van der Waals surface area contributed by atoms with Crippen molar-refractivity contribution in [3.05, 3.63) is 82.5 Å². The van der Waals surface area contributed by atoms with Gasteiger partial charge >= 0.3 is 0 Å². The highest BCUT2D eigenvalue weighted by Gasteiger charge is 2.12. The molecule has 28 heavy (non-hydrogen) atoms. The van der Waals surface area contributed by atoms with Gasteiger partial charge in [0.15, 0.2) is 0 Å². The number of non-ortho nitro benzene ring substituents is 1. The molecule has 2 aromatic heterocycles. The van der Waals surface area contributed by atoms with Gasteiger partial charge in [0.1, 0.15) is 6.54 Å². The number of nitrogens with zero attached hydrogens (tertiary/aromatic N) is 4. The summed E-state index contributed by atoms with van der Waals surface area (Å²) in [6.45, 7) is 0.0716. The van der Waals surface area contributed by atoms with Crippen LogP contribution in [0.2, 0.25) is 5.02 Å². The summed E-state index contributed by atoms with van der Waals surface area (Å²) in [6.07, 6.45) is 6.80. The molecular formula is C19H14ClN5O3. The van der Waals surface area contributed by atoms with Gasteiger partial charge in [-0.3, -0.25) is 14.9 Å². The number of nitrogens with one attached hydrogen (secondary N) is 1. The van der Waals surface area contributed by atoms with Crippen LogP contribution in [0.4, 0.5) is 11.4 Å². The first-order valence-corrected chi connectivity index (χ1v) is 8.70. The van der Waals surface area contributed by atoms with Crippen LogP contribution in [0.5, 0.6) is 0 Å². The fourth-order valence-electron chi connectivity index (χ4n) is 2.99. The van der Waals surface area contributed by atoms with Crippen molar-refractivity contribution in [1.82, 2.24) is 14.1 Å². The molecular weight excluding hydrogens is 382 g/mol. The molecule has 8 nitrogen and oxygen atoms in total. The van der Waals surface area contributed by atoms with E-state index in [0.717, 1.165) is 11.2 Å². The number of nitro groups is 1. The molecule has 2 aromatic carbocycles. The second kappa shape index (κ2) is 7.16. The fourth-order valence-corrected chi connectivity index (χ4v) is 3.27. The zero-order chi connectivity index (χ0) is 19.7. The number of hydrogen-bond donors (Lipinski definition) is 1. The summed E-state index contributed by atoms with van der Waals surface area (Å²) in [7, 11) is 0. The molecule has 4 rings (SSSR count). The molecule has 0 radical (unpaired) electrons. The summed E-state index contributed by atoms with van der Waals surface area (Å²) in [5, 5.41) is 14.9. The number of benzene rings is 2. The van der Waals surface area contributed by atoms with Crippen molar-refractivity contribution in [2.24, 2.45) is 0 Å². The number of aromatic nitrogens is 3. The van der Waals surface area contributed by atoms with E-state index >= 15 is 0 Å². The van der Waals surface area contributed by atoms with E-state index in [1.807, 2.05) is 0 Å². The molecule has 0 unspecified atom stereocenters. The Labute approximate surface area is 164 Å². The molecule has 0 spiro atoms. The maximum absolute atomic E-state index is 12.4. The van der Waals surface area contributed by atoms with Crippen molar-refractivity contribution in [2.75, 3.05) is 5.32 Å². The maximum Gasteiger partial charge on any atom is 0.270 e.